The minimum atomic E-state index is -0.908. The quantitative estimate of drug-likeness (QED) is 0.640. The molecule has 0 unspecified atom stereocenters. The normalized spacial score (nSPS) is 26.4. The van der Waals surface area contributed by atoms with Crippen molar-refractivity contribution in [3.63, 3.8) is 0 Å². The van der Waals surface area contributed by atoms with E-state index in [1.54, 1.807) is 6.92 Å². The minimum Gasteiger partial charge on any atom is -0.467 e. The van der Waals surface area contributed by atoms with Gasteiger partial charge >= 0.3 is 11.7 Å². The fourth-order valence-corrected chi connectivity index (χ4v) is 2.01. The number of esters is 1. The van der Waals surface area contributed by atoms with E-state index in [0.717, 1.165) is 0 Å². The minimum absolute atomic E-state index is 0.283. The van der Waals surface area contributed by atoms with Crippen LogP contribution in [0.2, 0.25) is 0 Å². The van der Waals surface area contributed by atoms with Gasteiger partial charge < -0.3 is 15.2 Å². The molecule has 1 aromatic rings. The van der Waals surface area contributed by atoms with E-state index < -0.39 is 35.6 Å². The number of nitrogens with two attached hydrogens (primary N) is 1. The summed E-state index contributed by atoms with van der Waals surface area (Å²) in [5.41, 5.74) is 5.11. The van der Waals surface area contributed by atoms with Gasteiger partial charge in [-0.25, -0.2) is 9.59 Å². The molecular formula is C11H15N3O5. The fourth-order valence-electron chi connectivity index (χ4n) is 2.01. The van der Waals surface area contributed by atoms with Crippen LogP contribution in [-0.2, 0) is 14.3 Å². The lowest BCUT2D eigenvalue weighted by Gasteiger charge is -2.14. The molecule has 3 atom stereocenters. The number of aryl methyl sites for hydroxylation is 1. The van der Waals surface area contributed by atoms with E-state index in [2.05, 4.69) is 9.72 Å². The third kappa shape index (κ3) is 2.45. The maximum absolute atomic E-state index is 11.7. The fraction of sp³-hybridized carbons (Fsp3) is 0.545. The molecule has 8 heteroatoms. The molecule has 2 rings (SSSR count). The van der Waals surface area contributed by atoms with Crippen LogP contribution < -0.4 is 17.0 Å². The van der Waals surface area contributed by atoms with E-state index in [4.69, 9.17) is 10.5 Å². The standard InChI is InChI=1S/C11H15N3O5/c1-5-4-14(11(17)13-9(5)15)7-3-6(12)8(19-7)10(16)18-2/h4,6-8H,3,12H2,1-2H3,(H,13,15,17)/t6-,7+,8-/m0/s1. The average molecular weight is 269 g/mol. The number of methoxy groups -OCH3 is 1. The van der Waals surface area contributed by atoms with Gasteiger partial charge in [-0.2, -0.15) is 0 Å². The molecule has 1 aliphatic rings. The molecule has 1 aromatic heterocycles. The number of H-pyrrole nitrogens is 1. The van der Waals surface area contributed by atoms with E-state index in [-0.39, 0.29) is 6.42 Å². The topological polar surface area (TPSA) is 116 Å². The average Bonchev–Trinajstić information content (AvgIpc) is 2.75. The molecule has 1 aliphatic heterocycles. The van der Waals surface area contributed by atoms with Crippen molar-refractivity contribution < 1.29 is 14.3 Å². The van der Waals surface area contributed by atoms with Crippen LogP contribution in [0.4, 0.5) is 0 Å². The van der Waals surface area contributed by atoms with Gasteiger partial charge in [-0.15, -0.1) is 0 Å². The Balaban J connectivity index is 2.30. The molecule has 19 heavy (non-hydrogen) atoms. The zero-order valence-electron chi connectivity index (χ0n) is 10.6. The SMILES string of the molecule is COC(=O)[C@H]1O[C@@H](n2cc(C)c(=O)[nH]c2=O)C[C@@H]1N. The Kier molecular flexibility index (Phi) is 3.54. The van der Waals surface area contributed by atoms with Gasteiger partial charge in [-0.1, -0.05) is 0 Å². The summed E-state index contributed by atoms with van der Waals surface area (Å²) >= 11 is 0. The molecular weight excluding hydrogens is 254 g/mol. The first-order valence-corrected chi connectivity index (χ1v) is 5.75. The second-order valence-electron chi connectivity index (χ2n) is 4.41. The van der Waals surface area contributed by atoms with E-state index in [0.29, 0.717) is 5.56 Å². The zero-order chi connectivity index (χ0) is 14.2. The Morgan fingerprint density at radius 3 is 2.89 bits per heavy atom. The summed E-state index contributed by atoms with van der Waals surface area (Å²) < 4.78 is 11.2. The summed E-state index contributed by atoms with van der Waals surface area (Å²) in [5.74, 6) is -0.579. The number of hydrogen-bond acceptors (Lipinski definition) is 6. The van der Waals surface area contributed by atoms with Crippen LogP contribution in [0.1, 0.15) is 18.2 Å². The van der Waals surface area contributed by atoms with Gasteiger partial charge in [0.1, 0.15) is 6.23 Å². The van der Waals surface area contributed by atoms with Crippen molar-refractivity contribution in [3.05, 3.63) is 32.6 Å². The van der Waals surface area contributed by atoms with Crippen molar-refractivity contribution in [1.82, 2.24) is 9.55 Å². The van der Waals surface area contributed by atoms with E-state index in [1.165, 1.54) is 17.9 Å². The summed E-state index contributed by atoms with van der Waals surface area (Å²) in [7, 11) is 1.24. The molecule has 1 saturated heterocycles. The van der Waals surface area contributed by atoms with Crippen molar-refractivity contribution in [2.24, 2.45) is 5.73 Å². The zero-order valence-corrected chi connectivity index (χ0v) is 10.6. The number of hydrogen-bond donors (Lipinski definition) is 2. The molecule has 3 N–H and O–H groups in total. The summed E-state index contributed by atoms with van der Waals surface area (Å²) in [6.07, 6.45) is 0.0693. The monoisotopic (exact) mass is 269 g/mol. The van der Waals surface area contributed by atoms with Gasteiger partial charge in [0, 0.05) is 24.2 Å². The van der Waals surface area contributed by atoms with Gasteiger partial charge in [0.2, 0.25) is 0 Å². The van der Waals surface area contributed by atoms with Crippen molar-refractivity contribution in [2.45, 2.75) is 31.7 Å². The van der Waals surface area contributed by atoms with Gasteiger partial charge in [0.05, 0.1) is 7.11 Å². The second-order valence-corrected chi connectivity index (χ2v) is 4.41. The van der Waals surface area contributed by atoms with Crippen LogP contribution in [-0.4, -0.2) is 34.8 Å². The molecule has 0 bridgehead atoms. The van der Waals surface area contributed by atoms with Gasteiger partial charge in [-0.05, 0) is 6.92 Å². The first-order chi connectivity index (χ1) is 8.93. The maximum atomic E-state index is 11.7. The second kappa shape index (κ2) is 4.98. The van der Waals surface area contributed by atoms with Gasteiger partial charge in [-0.3, -0.25) is 14.3 Å². The van der Waals surface area contributed by atoms with Crippen molar-refractivity contribution in [1.29, 1.82) is 0 Å². The summed E-state index contributed by atoms with van der Waals surface area (Å²) in [6, 6.07) is -0.559. The Morgan fingerprint density at radius 2 is 2.26 bits per heavy atom. The predicted octanol–water partition coefficient (Wildman–Crippen LogP) is -1.37. The van der Waals surface area contributed by atoms with Crippen LogP contribution in [0.25, 0.3) is 0 Å². The Morgan fingerprint density at radius 1 is 1.58 bits per heavy atom. The lowest BCUT2D eigenvalue weighted by molar-refractivity contribution is -0.155. The number of nitrogens with one attached hydrogen (secondary N) is 1. The molecule has 1 fully saturated rings. The van der Waals surface area contributed by atoms with Crippen LogP contribution in [0, 0.1) is 6.92 Å². The number of aromatic amines is 1. The van der Waals surface area contributed by atoms with Crippen LogP contribution >= 0.6 is 0 Å². The number of carbonyl (C=O) groups excluding carboxylic acids is 1. The number of ether oxygens (including phenoxy) is 2. The van der Waals surface area contributed by atoms with E-state index in [1.807, 2.05) is 0 Å². The van der Waals surface area contributed by atoms with Gasteiger partial charge in [0.15, 0.2) is 6.10 Å². The molecule has 2 heterocycles. The highest BCUT2D eigenvalue weighted by Gasteiger charge is 2.39. The first kappa shape index (κ1) is 13.5. The van der Waals surface area contributed by atoms with Crippen molar-refractivity contribution in [3.8, 4) is 0 Å². The number of carbonyl (C=O) groups is 1. The third-order valence-corrected chi connectivity index (χ3v) is 3.06. The Hall–Kier alpha value is -1.93. The lowest BCUT2D eigenvalue weighted by Crippen LogP contribution is -2.37. The first-order valence-electron chi connectivity index (χ1n) is 5.75. The lowest BCUT2D eigenvalue weighted by atomic mass is 10.1. The molecule has 0 spiro atoms. The van der Waals surface area contributed by atoms with Crippen LogP contribution in [0.15, 0.2) is 15.8 Å². The molecule has 0 radical (unpaired) electrons. The Bertz CT molecular complexity index is 605. The largest absolute Gasteiger partial charge is 0.467 e. The predicted molar refractivity (Wildman–Crippen MR) is 64.6 cm³/mol. The Labute approximate surface area is 108 Å². The molecule has 0 amide bonds. The van der Waals surface area contributed by atoms with E-state index >= 15 is 0 Å². The summed E-state index contributed by atoms with van der Waals surface area (Å²) in [4.78, 5) is 36.6. The summed E-state index contributed by atoms with van der Waals surface area (Å²) in [5, 5.41) is 0. The van der Waals surface area contributed by atoms with Crippen LogP contribution in [0.5, 0.6) is 0 Å². The highest BCUT2D eigenvalue weighted by atomic mass is 16.6. The van der Waals surface area contributed by atoms with Crippen molar-refractivity contribution in [2.75, 3.05) is 7.11 Å². The van der Waals surface area contributed by atoms with Crippen molar-refractivity contribution >= 4 is 5.97 Å². The molecule has 8 nitrogen and oxygen atoms in total. The highest BCUT2D eigenvalue weighted by Crippen LogP contribution is 2.26. The summed E-state index contributed by atoms with van der Waals surface area (Å²) in [6.45, 7) is 1.57. The van der Waals surface area contributed by atoms with E-state index in [9.17, 15) is 14.4 Å². The third-order valence-electron chi connectivity index (χ3n) is 3.06. The van der Waals surface area contributed by atoms with Crippen LogP contribution in [0.3, 0.4) is 0 Å². The number of nitrogens with zero attached hydrogens (tertiary/aromatic N) is 1. The van der Waals surface area contributed by atoms with Gasteiger partial charge in [0.25, 0.3) is 5.56 Å². The molecule has 0 aliphatic carbocycles. The highest BCUT2D eigenvalue weighted by molar-refractivity contribution is 5.75. The molecule has 104 valence electrons. The number of aromatic nitrogens is 2. The smallest absolute Gasteiger partial charge is 0.336 e. The molecule has 0 saturated carbocycles. The molecule has 0 aromatic carbocycles. The maximum Gasteiger partial charge on any atom is 0.336 e. The number of rotatable bonds is 2.